The molecule has 2 fully saturated rings. The molecular weight excluding hydrogens is 300 g/mol. The molecule has 1 saturated heterocycles. The Morgan fingerprint density at radius 3 is 2.62 bits per heavy atom. The SMILES string of the molecule is O=C(NC1CC1c1ccccc1)c1cccc(N2CCOCC2)c1. The van der Waals surface area contributed by atoms with Gasteiger partial charge in [-0.1, -0.05) is 36.4 Å². The van der Waals surface area contributed by atoms with Crippen LogP contribution in [0, 0.1) is 0 Å². The van der Waals surface area contributed by atoms with E-state index in [9.17, 15) is 4.79 Å². The van der Waals surface area contributed by atoms with E-state index in [-0.39, 0.29) is 11.9 Å². The Bertz CT molecular complexity index is 711. The first kappa shape index (κ1) is 15.2. The van der Waals surface area contributed by atoms with E-state index in [4.69, 9.17) is 4.74 Å². The van der Waals surface area contributed by atoms with Gasteiger partial charge in [0.15, 0.2) is 0 Å². The molecule has 124 valence electrons. The number of carbonyl (C=O) groups excluding carboxylic acids is 1. The molecule has 1 aliphatic carbocycles. The van der Waals surface area contributed by atoms with Gasteiger partial charge in [-0.05, 0) is 30.2 Å². The number of amides is 1. The zero-order valence-corrected chi connectivity index (χ0v) is 13.7. The third kappa shape index (κ3) is 3.29. The zero-order valence-electron chi connectivity index (χ0n) is 13.7. The van der Waals surface area contributed by atoms with Gasteiger partial charge in [-0.15, -0.1) is 0 Å². The van der Waals surface area contributed by atoms with Crippen molar-refractivity contribution >= 4 is 11.6 Å². The number of nitrogens with one attached hydrogen (secondary N) is 1. The van der Waals surface area contributed by atoms with Gasteiger partial charge in [0, 0.05) is 36.3 Å². The summed E-state index contributed by atoms with van der Waals surface area (Å²) in [7, 11) is 0. The predicted molar refractivity (Wildman–Crippen MR) is 94.5 cm³/mol. The number of carbonyl (C=O) groups is 1. The van der Waals surface area contributed by atoms with E-state index in [2.05, 4.69) is 40.5 Å². The highest BCUT2D eigenvalue weighted by Gasteiger charge is 2.39. The highest BCUT2D eigenvalue weighted by atomic mass is 16.5. The van der Waals surface area contributed by atoms with Crippen molar-refractivity contribution in [1.82, 2.24) is 5.32 Å². The maximum Gasteiger partial charge on any atom is 0.251 e. The maximum absolute atomic E-state index is 12.6. The van der Waals surface area contributed by atoms with Crippen LogP contribution in [0.3, 0.4) is 0 Å². The summed E-state index contributed by atoms with van der Waals surface area (Å²) in [6, 6.07) is 18.6. The lowest BCUT2D eigenvalue weighted by molar-refractivity contribution is 0.0950. The molecule has 2 unspecified atom stereocenters. The summed E-state index contributed by atoms with van der Waals surface area (Å²) < 4.78 is 5.39. The van der Waals surface area contributed by atoms with Crippen molar-refractivity contribution in [3.8, 4) is 0 Å². The van der Waals surface area contributed by atoms with Gasteiger partial charge in [-0.3, -0.25) is 4.79 Å². The van der Waals surface area contributed by atoms with E-state index < -0.39 is 0 Å². The number of hydrogen-bond donors (Lipinski definition) is 1. The van der Waals surface area contributed by atoms with Crippen molar-refractivity contribution in [3.05, 3.63) is 65.7 Å². The van der Waals surface area contributed by atoms with Crippen LogP contribution in [0.15, 0.2) is 54.6 Å². The number of nitrogens with zero attached hydrogens (tertiary/aromatic N) is 1. The third-order valence-corrected chi connectivity index (χ3v) is 4.82. The van der Waals surface area contributed by atoms with Crippen molar-refractivity contribution in [3.63, 3.8) is 0 Å². The molecule has 0 aromatic heterocycles. The Balaban J connectivity index is 1.40. The average Bonchev–Trinajstić information content (AvgIpc) is 3.42. The normalized spacial score (nSPS) is 22.9. The minimum absolute atomic E-state index is 0.0218. The summed E-state index contributed by atoms with van der Waals surface area (Å²) in [5.74, 6) is 0.478. The minimum atomic E-state index is 0.0218. The molecule has 2 atom stereocenters. The second kappa shape index (κ2) is 6.65. The van der Waals surface area contributed by atoms with E-state index in [0.29, 0.717) is 5.92 Å². The van der Waals surface area contributed by atoms with Crippen LogP contribution in [-0.4, -0.2) is 38.3 Å². The van der Waals surface area contributed by atoms with Gasteiger partial charge in [0.2, 0.25) is 0 Å². The lowest BCUT2D eigenvalue weighted by atomic mass is 10.1. The Kier molecular flexibility index (Phi) is 4.22. The van der Waals surface area contributed by atoms with Crippen molar-refractivity contribution in [2.75, 3.05) is 31.2 Å². The van der Waals surface area contributed by atoms with Crippen LogP contribution in [0.5, 0.6) is 0 Å². The van der Waals surface area contributed by atoms with Gasteiger partial charge in [0.1, 0.15) is 0 Å². The average molecular weight is 322 g/mol. The smallest absolute Gasteiger partial charge is 0.251 e. The second-order valence-electron chi connectivity index (χ2n) is 6.48. The largest absolute Gasteiger partial charge is 0.378 e. The van der Waals surface area contributed by atoms with E-state index in [1.165, 1.54) is 5.56 Å². The predicted octanol–water partition coefficient (Wildman–Crippen LogP) is 2.81. The van der Waals surface area contributed by atoms with Crippen LogP contribution >= 0.6 is 0 Å². The first-order valence-electron chi connectivity index (χ1n) is 8.60. The molecule has 2 aromatic carbocycles. The maximum atomic E-state index is 12.6. The van der Waals surface area contributed by atoms with Crippen LogP contribution in [0.25, 0.3) is 0 Å². The van der Waals surface area contributed by atoms with Crippen molar-refractivity contribution < 1.29 is 9.53 Å². The Morgan fingerprint density at radius 1 is 1.04 bits per heavy atom. The molecule has 0 radical (unpaired) electrons. The number of rotatable bonds is 4. The lowest BCUT2D eigenvalue weighted by Crippen LogP contribution is -2.36. The van der Waals surface area contributed by atoms with E-state index in [1.807, 2.05) is 24.3 Å². The molecule has 4 nitrogen and oxygen atoms in total. The summed E-state index contributed by atoms with van der Waals surface area (Å²) in [4.78, 5) is 14.8. The van der Waals surface area contributed by atoms with Gasteiger partial charge < -0.3 is 15.0 Å². The molecule has 1 saturated carbocycles. The highest BCUT2D eigenvalue weighted by Crippen LogP contribution is 2.40. The first-order chi connectivity index (χ1) is 11.8. The van der Waals surface area contributed by atoms with Crippen LogP contribution in [0.2, 0.25) is 0 Å². The van der Waals surface area contributed by atoms with Crippen LogP contribution < -0.4 is 10.2 Å². The number of hydrogen-bond acceptors (Lipinski definition) is 3. The number of ether oxygens (including phenoxy) is 1. The van der Waals surface area contributed by atoms with Crippen LogP contribution in [0.1, 0.15) is 28.3 Å². The molecule has 1 amide bonds. The molecule has 1 heterocycles. The number of benzene rings is 2. The van der Waals surface area contributed by atoms with E-state index >= 15 is 0 Å². The summed E-state index contributed by atoms with van der Waals surface area (Å²) in [5, 5.41) is 3.17. The Labute approximate surface area is 142 Å². The fourth-order valence-electron chi connectivity index (χ4n) is 3.34. The van der Waals surface area contributed by atoms with Gasteiger partial charge in [0.05, 0.1) is 13.2 Å². The number of morpholine rings is 1. The molecule has 4 heteroatoms. The Hall–Kier alpha value is -2.33. The summed E-state index contributed by atoms with van der Waals surface area (Å²) in [6.07, 6.45) is 1.03. The standard InChI is InChI=1S/C20H22N2O2/c23-20(21-19-14-18(19)15-5-2-1-3-6-15)16-7-4-8-17(13-16)22-9-11-24-12-10-22/h1-8,13,18-19H,9-12,14H2,(H,21,23). The van der Waals surface area contributed by atoms with Gasteiger partial charge in [-0.2, -0.15) is 0 Å². The molecule has 4 rings (SSSR count). The first-order valence-corrected chi connectivity index (χ1v) is 8.60. The van der Waals surface area contributed by atoms with E-state index in [1.54, 1.807) is 0 Å². The summed E-state index contributed by atoms with van der Waals surface area (Å²) in [5.41, 5.74) is 3.14. The molecule has 0 spiro atoms. The third-order valence-electron chi connectivity index (χ3n) is 4.82. The molecule has 1 N–H and O–H groups in total. The molecule has 1 aliphatic heterocycles. The minimum Gasteiger partial charge on any atom is -0.378 e. The van der Waals surface area contributed by atoms with Crippen molar-refractivity contribution in [2.24, 2.45) is 0 Å². The monoisotopic (exact) mass is 322 g/mol. The molecule has 2 aliphatic rings. The topological polar surface area (TPSA) is 41.6 Å². The van der Waals surface area contributed by atoms with Crippen LogP contribution in [0.4, 0.5) is 5.69 Å². The van der Waals surface area contributed by atoms with Gasteiger partial charge in [0.25, 0.3) is 5.91 Å². The van der Waals surface area contributed by atoms with Crippen molar-refractivity contribution in [2.45, 2.75) is 18.4 Å². The van der Waals surface area contributed by atoms with Crippen LogP contribution in [-0.2, 0) is 4.74 Å². The van der Waals surface area contributed by atoms with E-state index in [0.717, 1.165) is 44.0 Å². The fraction of sp³-hybridized carbons (Fsp3) is 0.350. The second-order valence-corrected chi connectivity index (χ2v) is 6.48. The van der Waals surface area contributed by atoms with Crippen molar-refractivity contribution in [1.29, 1.82) is 0 Å². The quantitative estimate of drug-likeness (QED) is 0.941. The highest BCUT2D eigenvalue weighted by molar-refractivity contribution is 5.95. The molecular formula is C20H22N2O2. The fourth-order valence-corrected chi connectivity index (χ4v) is 3.34. The molecule has 0 bridgehead atoms. The Morgan fingerprint density at radius 2 is 1.83 bits per heavy atom. The van der Waals surface area contributed by atoms with Gasteiger partial charge >= 0.3 is 0 Å². The lowest BCUT2D eigenvalue weighted by Gasteiger charge is -2.29. The summed E-state index contributed by atoms with van der Waals surface area (Å²) in [6.45, 7) is 3.25. The number of anilines is 1. The molecule has 2 aromatic rings. The zero-order chi connectivity index (χ0) is 16.4. The molecule has 24 heavy (non-hydrogen) atoms. The summed E-state index contributed by atoms with van der Waals surface area (Å²) >= 11 is 0. The van der Waals surface area contributed by atoms with Gasteiger partial charge in [-0.25, -0.2) is 0 Å².